The Balaban J connectivity index is 1.77. The summed E-state index contributed by atoms with van der Waals surface area (Å²) in [7, 11) is 0. The standard InChI is InChI=1S/C28H17N3/c1-2-9-19-18(8-1)16-25-27-24(17-31(25)28-29-14-7-15-30-28)22-12-4-3-10-20(22)21-11-5-6-13-23(21)26(19)27/h1-17H. The molecule has 0 atom stereocenters. The molecule has 6 aromatic rings. The lowest BCUT2D eigenvalue weighted by Crippen LogP contribution is -1.98. The minimum atomic E-state index is 0.686. The van der Waals surface area contributed by atoms with Crippen molar-refractivity contribution in [3.63, 3.8) is 0 Å². The first kappa shape index (κ1) is 16.5. The molecule has 0 fully saturated rings. The van der Waals surface area contributed by atoms with Gasteiger partial charge in [0.2, 0.25) is 5.95 Å². The van der Waals surface area contributed by atoms with Gasteiger partial charge in [0.15, 0.2) is 0 Å². The second-order valence-corrected chi connectivity index (χ2v) is 7.92. The molecular weight excluding hydrogens is 378 g/mol. The first-order valence-corrected chi connectivity index (χ1v) is 10.4. The van der Waals surface area contributed by atoms with Crippen LogP contribution in [0.1, 0.15) is 0 Å². The fourth-order valence-corrected chi connectivity index (χ4v) is 5.01. The number of aromatic nitrogens is 3. The summed E-state index contributed by atoms with van der Waals surface area (Å²) >= 11 is 0. The van der Waals surface area contributed by atoms with E-state index >= 15 is 0 Å². The van der Waals surface area contributed by atoms with E-state index < -0.39 is 0 Å². The third-order valence-corrected chi connectivity index (χ3v) is 6.29. The summed E-state index contributed by atoms with van der Waals surface area (Å²) in [6, 6.07) is 30.2. The maximum absolute atomic E-state index is 4.55. The lowest BCUT2D eigenvalue weighted by molar-refractivity contribution is 0.963. The smallest absolute Gasteiger partial charge is 0.234 e. The topological polar surface area (TPSA) is 30.7 Å². The number of hydrogen-bond acceptors (Lipinski definition) is 2. The Morgan fingerprint density at radius 3 is 1.97 bits per heavy atom. The number of rotatable bonds is 1. The van der Waals surface area contributed by atoms with Crippen molar-refractivity contribution >= 4 is 21.7 Å². The van der Waals surface area contributed by atoms with Crippen molar-refractivity contribution in [2.45, 2.75) is 0 Å². The summed E-state index contributed by atoms with van der Waals surface area (Å²) in [6.45, 7) is 0. The molecule has 0 aliphatic heterocycles. The molecule has 0 amide bonds. The molecule has 1 aliphatic carbocycles. The van der Waals surface area contributed by atoms with Crippen LogP contribution in [0.5, 0.6) is 0 Å². The van der Waals surface area contributed by atoms with Crippen molar-refractivity contribution in [3.8, 4) is 39.3 Å². The van der Waals surface area contributed by atoms with E-state index in [-0.39, 0.29) is 0 Å². The van der Waals surface area contributed by atoms with Crippen molar-refractivity contribution in [1.29, 1.82) is 0 Å². The van der Waals surface area contributed by atoms with E-state index in [9.17, 15) is 0 Å². The molecule has 2 heterocycles. The number of nitrogens with zero attached hydrogens (tertiary/aromatic N) is 3. The first-order chi connectivity index (χ1) is 15.4. The van der Waals surface area contributed by atoms with Gasteiger partial charge < -0.3 is 0 Å². The summed E-state index contributed by atoms with van der Waals surface area (Å²) in [4.78, 5) is 9.10. The van der Waals surface area contributed by atoms with Crippen LogP contribution in [0.3, 0.4) is 0 Å². The number of benzene rings is 4. The maximum atomic E-state index is 4.55. The fraction of sp³-hybridized carbons (Fsp3) is 0. The molecule has 0 bridgehead atoms. The van der Waals surface area contributed by atoms with E-state index in [4.69, 9.17) is 0 Å². The zero-order valence-electron chi connectivity index (χ0n) is 16.7. The van der Waals surface area contributed by atoms with E-state index in [0.717, 1.165) is 5.52 Å². The van der Waals surface area contributed by atoms with Crippen molar-refractivity contribution < 1.29 is 0 Å². The van der Waals surface area contributed by atoms with Crippen LogP contribution in [-0.4, -0.2) is 14.5 Å². The molecule has 3 heteroatoms. The maximum Gasteiger partial charge on any atom is 0.234 e. The SMILES string of the molecule is c1cnc(-n2cc3c4c(c5ccccc5cc42)-c2ccccc2-c2ccccc2-3)nc1. The number of fused-ring (bicyclic) bond motifs is 7. The minimum Gasteiger partial charge on any atom is -0.285 e. The molecule has 2 aromatic heterocycles. The van der Waals surface area contributed by atoms with Crippen LogP contribution in [-0.2, 0) is 0 Å². The van der Waals surface area contributed by atoms with Crippen LogP contribution in [0.15, 0.2) is 104 Å². The molecule has 4 aromatic carbocycles. The predicted molar refractivity (Wildman–Crippen MR) is 126 cm³/mol. The van der Waals surface area contributed by atoms with E-state index in [2.05, 4.69) is 99.6 Å². The predicted octanol–water partition coefficient (Wildman–Crippen LogP) is 6.89. The molecule has 0 saturated carbocycles. The van der Waals surface area contributed by atoms with E-state index in [1.165, 1.54) is 49.5 Å². The van der Waals surface area contributed by atoms with Crippen LogP contribution in [0, 0.1) is 0 Å². The number of hydrogen-bond donors (Lipinski definition) is 0. The Bertz CT molecular complexity index is 1630. The van der Waals surface area contributed by atoms with Gasteiger partial charge in [0, 0.05) is 35.1 Å². The van der Waals surface area contributed by atoms with Crippen LogP contribution in [0.25, 0.3) is 61.0 Å². The van der Waals surface area contributed by atoms with Gasteiger partial charge in [-0.3, -0.25) is 4.57 Å². The van der Waals surface area contributed by atoms with Crippen LogP contribution in [0.4, 0.5) is 0 Å². The average Bonchev–Trinajstić information content (AvgIpc) is 3.16. The molecule has 1 aliphatic rings. The van der Waals surface area contributed by atoms with E-state index in [0.29, 0.717) is 5.95 Å². The quantitative estimate of drug-likeness (QED) is 0.303. The van der Waals surface area contributed by atoms with Gasteiger partial charge in [-0.1, -0.05) is 72.8 Å². The fourth-order valence-electron chi connectivity index (χ4n) is 5.01. The highest BCUT2D eigenvalue weighted by Gasteiger charge is 2.26. The molecule has 0 spiro atoms. The molecule has 144 valence electrons. The summed E-state index contributed by atoms with van der Waals surface area (Å²) in [5, 5.41) is 3.74. The lowest BCUT2D eigenvalue weighted by atomic mass is 9.91. The van der Waals surface area contributed by atoms with Gasteiger partial charge in [0.05, 0.1) is 5.52 Å². The van der Waals surface area contributed by atoms with Gasteiger partial charge in [-0.2, -0.15) is 0 Å². The van der Waals surface area contributed by atoms with Crippen LogP contribution >= 0.6 is 0 Å². The van der Waals surface area contributed by atoms with Gasteiger partial charge in [-0.25, -0.2) is 9.97 Å². The van der Waals surface area contributed by atoms with Gasteiger partial charge in [0.25, 0.3) is 0 Å². The molecule has 0 unspecified atom stereocenters. The zero-order valence-corrected chi connectivity index (χ0v) is 16.7. The Morgan fingerprint density at radius 2 is 1.19 bits per heavy atom. The lowest BCUT2D eigenvalue weighted by Gasteiger charge is -2.14. The Hall–Kier alpha value is -4.24. The molecular formula is C28H17N3. The van der Waals surface area contributed by atoms with Gasteiger partial charge in [0.1, 0.15) is 0 Å². The summed E-state index contributed by atoms with van der Waals surface area (Å²) in [5.74, 6) is 0.686. The van der Waals surface area contributed by atoms with Gasteiger partial charge in [-0.05, 0) is 45.2 Å². The minimum absolute atomic E-state index is 0.686. The summed E-state index contributed by atoms with van der Waals surface area (Å²) in [5.41, 5.74) is 8.66. The van der Waals surface area contributed by atoms with Crippen molar-refractivity contribution in [2.24, 2.45) is 0 Å². The molecule has 0 N–H and O–H groups in total. The third kappa shape index (κ3) is 2.23. The Labute approximate surface area is 179 Å². The summed E-state index contributed by atoms with van der Waals surface area (Å²) < 4.78 is 2.13. The molecule has 0 radical (unpaired) electrons. The normalized spacial score (nSPS) is 11.9. The molecule has 7 rings (SSSR count). The highest BCUT2D eigenvalue weighted by molar-refractivity contribution is 6.21. The largest absolute Gasteiger partial charge is 0.285 e. The van der Waals surface area contributed by atoms with E-state index in [1.54, 1.807) is 12.4 Å². The van der Waals surface area contributed by atoms with Gasteiger partial charge >= 0.3 is 0 Å². The highest BCUT2D eigenvalue weighted by atomic mass is 15.1. The van der Waals surface area contributed by atoms with Crippen molar-refractivity contribution in [3.05, 3.63) is 104 Å². The monoisotopic (exact) mass is 395 g/mol. The van der Waals surface area contributed by atoms with Crippen LogP contribution in [0.2, 0.25) is 0 Å². The van der Waals surface area contributed by atoms with Crippen molar-refractivity contribution in [2.75, 3.05) is 0 Å². The molecule has 3 nitrogen and oxygen atoms in total. The first-order valence-electron chi connectivity index (χ1n) is 10.4. The average molecular weight is 395 g/mol. The Kier molecular flexibility index (Phi) is 3.27. The van der Waals surface area contributed by atoms with Gasteiger partial charge in [-0.15, -0.1) is 0 Å². The molecule has 0 saturated heterocycles. The second kappa shape index (κ2) is 6.13. The third-order valence-electron chi connectivity index (χ3n) is 6.29. The van der Waals surface area contributed by atoms with Crippen LogP contribution < -0.4 is 0 Å². The van der Waals surface area contributed by atoms with Crippen molar-refractivity contribution in [1.82, 2.24) is 14.5 Å². The Morgan fingerprint density at radius 1 is 0.581 bits per heavy atom. The molecule has 31 heavy (non-hydrogen) atoms. The zero-order chi connectivity index (χ0) is 20.4. The summed E-state index contributed by atoms with van der Waals surface area (Å²) in [6.07, 6.45) is 5.79. The second-order valence-electron chi connectivity index (χ2n) is 7.92. The van der Waals surface area contributed by atoms with E-state index in [1.807, 2.05) is 6.07 Å². The highest BCUT2D eigenvalue weighted by Crippen LogP contribution is 2.50.